The lowest BCUT2D eigenvalue weighted by molar-refractivity contribution is -0.139. The van der Waals surface area contributed by atoms with Gasteiger partial charge in [-0.2, -0.15) is 0 Å². The van der Waals surface area contributed by atoms with E-state index >= 15 is 0 Å². The molecule has 7 nitrogen and oxygen atoms in total. The molecule has 1 aliphatic rings. The fourth-order valence-electron chi connectivity index (χ4n) is 5.02. The largest absolute Gasteiger partial charge is 0.493 e. The van der Waals surface area contributed by atoms with Crippen LogP contribution in [0.1, 0.15) is 61.9 Å². The number of esters is 1. The third-order valence-electron chi connectivity index (χ3n) is 7.28. The molecule has 44 heavy (non-hydrogen) atoms. The molecule has 0 saturated carbocycles. The molecule has 10 heteroatoms. The number of carbonyl (C=O) groups excluding carboxylic acids is 1. The summed E-state index contributed by atoms with van der Waals surface area (Å²) in [6, 6.07) is 19.0. The number of hydrogen-bond acceptors (Lipinski definition) is 7. The van der Waals surface area contributed by atoms with Crippen LogP contribution in [0.3, 0.4) is 0 Å². The zero-order valence-corrected chi connectivity index (χ0v) is 29.0. The maximum atomic E-state index is 14.0. The number of carbonyl (C=O) groups is 1. The van der Waals surface area contributed by atoms with Crippen LogP contribution in [0.2, 0.25) is 0 Å². The van der Waals surface area contributed by atoms with Crippen molar-refractivity contribution in [3.63, 3.8) is 0 Å². The van der Waals surface area contributed by atoms with Gasteiger partial charge in [0.1, 0.15) is 6.61 Å². The second-order valence-electron chi connectivity index (χ2n) is 10.6. The van der Waals surface area contributed by atoms with Crippen LogP contribution in [0.15, 0.2) is 90.7 Å². The Balaban J connectivity index is 1.57. The monoisotopic (exact) mass is 738 g/mol. The Labute approximate surface area is 276 Å². The van der Waals surface area contributed by atoms with Crippen LogP contribution in [-0.2, 0) is 16.1 Å². The zero-order chi connectivity index (χ0) is 31.5. The molecular weight excluding hydrogens is 708 g/mol. The molecule has 2 heterocycles. The van der Waals surface area contributed by atoms with E-state index in [1.54, 1.807) is 31.6 Å². The van der Waals surface area contributed by atoms with Crippen LogP contribution < -0.4 is 24.4 Å². The number of aromatic nitrogens is 1. The van der Waals surface area contributed by atoms with Gasteiger partial charge in [0.05, 0.1) is 40.0 Å². The highest BCUT2D eigenvalue weighted by atomic mass is 79.9. The highest BCUT2D eigenvalue weighted by Crippen LogP contribution is 2.37. The van der Waals surface area contributed by atoms with E-state index in [0.29, 0.717) is 49.1 Å². The van der Waals surface area contributed by atoms with Crippen LogP contribution >= 0.6 is 43.2 Å². The predicted molar refractivity (Wildman–Crippen MR) is 180 cm³/mol. The summed E-state index contributed by atoms with van der Waals surface area (Å²) in [4.78, 5) is 32.4. The fraction of sp³-hybridized carbons (Fsp3) is 0.265. The van der Waals surface area contributed by atoms with Crippen molar-refractivity contribution in [3.8, 4) is 11.5 Å². The third-order valence-corrected chi connectivity index (χ3v) is 9.38. The number of rotatable bonds is 9. The molecule has 0 aliphatic carbocycles. The van der Waals surface area contributed by atoms with E-state index in [1.807, 2.05) is 60.7 Å². The molecular formula is C34H32Br2N2O5S. The first-order valence-corrected chi connectivity index (χ1v) is 16.6. The van der Waals surface area contributed by atoms with Crippen LogP contribution in [0, 0.1) is 0 Å². The fourth-order valence-corrected chi connectivity index (χ4v) is 6.91. The Morgan fingerprint density at radius 2 is 1.80 bits per heavy atom. The van der Waals surface area contributed by atoms with Crippen molar-refractivity contribution in [2.45, 2.75) is 46.3 Å². The lowest BCUT2D eigenvalue weighted by Crippen LogP contribution is -2.39. The van der Waals surface area contributed by atoms with Crippen molar-refractivity contribution in [2.75, 3.05) is 13.7 Å². The van der Waals surface area contributed by atoms with Gasteiger partial charge in [-0.3, -0.25) is 9.36 Å². The smallest absolute Gasteiger partial charge is 0.338 e. The standard InChI is InChI=1S/C34H32Br2N2O5S/c1-6-42-33(40)29-20(4)37-34-38(30(29)24-11-9-23(10-12-24)19(2)3)32(39)28(44-34)17-22-15-26(36)31(27(16-22)41-5)43-18-21-7-13-25(35)14-8-21/h7-17,19,30H,6,18H2,1-5H3/t30-/m1/s1. The molecule has 0 unspecified atom stereocenters. The second kappa shape index (κ2) is 13.7. The molecule has 1 aromatic heterocycles. The minimum atomic E-state index is -0.663. The molecule has 1 aliphatic heterocycles. The summed E-state index contributed by atoms with van der Waals surface area (Å²) in [6.07, 6.45) is 1.80. The predicted octanol–water partition coefficient (Wildman–Crippen LogP) is 7.03. The summed E-state index contributed by atoms with van der Waals surface area (Å²) in [6.45, 7) is 8.38. The number of hydrogen-bond donors (Lipinski definition) is 0. The number of methoxy groups -OCH3 is 1. The number of allylic oxidation sites excluding steroid dienone is 1. The Bertz CT molecular complexity index is 1910. The van der Waals surface area contributed by atoms with Crippen LogP contribution in [-0.4, -0.2) is 24.3 Å². The van der Waals surface area contributed by atoms with Crippen molar-refractivity contribution in [2.24, 2.45) is 4.99 Å². The zero-order valence-electron chi connectivity index (χ0n) is 25.0. The highest BCUT2D eigenvalue weighted by molar-refractivity contribution is 9.10. The van der Waals surface area contributed by atoms with Crippen LogP contribution in [0.5, 0.6) is 11.5 Å². The normalized spacial score (nSPS) is 14.8. The molecule has 228 valence electrons. The van der Waals surface area contributed by atoms with E-state index in [4.69, 9.17) is 14.2 Å². The van der Waals surface area contributed by atoms with E-state index in [0.717, 1.165) is 21.2 Å². The highest BCUT2D eigenvalue weighted by Gasteiger charge is 2.33. The minimum absolute atomic E-state index is 0.221. The summed E-state index contributed by atoms with van der Waals surface area (Å²) >= 11 is 8.35. The van der Waals surface area contributed by atoms with Gasteiger partial charge in [-0.15, -0.1) is 0 Å². The van der Waals surface area contributed by atoms with E-state index in [-0.39, 0.29) is 12.2 Å². The molecule has 3 aromatic carbocycles. The average molecular weight is 741 g/mol. The van der Waals surface area contributed by atoms with Crippen LogP contribution in [0.25, 0.3) is 6.08 Å². The van der Waals surface area contributed by atoms with Gasteiger partial charge in [0.25, 0.3) is 5.56 Å². The molecule has 0 amide bonds. The summed E-state index contributed by atoms with van der Waals surface area (Å²) in [5.74, 6) is 0.961. The van der Waals surface area contributed by atoms with Gasteiger partial charge < -0.3 is 14.2 Å². The summed E-state index contributed by atoms with van der Waals surface area (Å²) in [7, 11) is 1.58. The number of nitrogens with zero attached hydrogens (tertiary/aromatic N) is 2. The number of fused-ring (bicyclic) bond motifs is 1. The Morgan fingerprint density at radius 1 is 1.09 bits per heavy atom. The maximum Gasteiger partial charge on any atom is 0.338 e. The third kappa shape index (κ3) is 6.62. The lowest BCUT2D eigenvalue weighted by atomic mass is 9.93. The Kier molecular flexibility index (Phi) is 9.92. The molecule has 0 saturated heterocycles. The van der Waals surface area contributed by atoms with Gasteiger partial charge in [0.2, 0.25) is 0 Å². The first-order chi connectivity index (χ1) is 21.1. The van der Waals surface area contributed by atoms with E-state index in [1.165, 1.54) is 16.9 Å². The first kappa shape index (κ1) is 31.9. The van der Waals surface area contributed by atoms with Crippen molar-refractivity contribution in [1.29, 1.82) is 0 Å². The van der Waals surface area contributed by atoms with Gasteiger partial charge >= 0.3 is 5.97 Å². The number of halogens is 2. The Morgan fingerprint density at radius 3 is 2.43 bits per heavy atom. The summed E-state index contributed by atoms with van der Waals surface area (Å²) in [5, 5.41) is 0. The van der Waals surface area contributed by atoms with E-state index < -0.39 is 12.0 Å². The molecule has 4 aromatic rings. The Hall–Kier alpha value is -3.47. The summed E-state index contributed by atoms with van der Waals surface area (Å²) < 4.78 is 20.9. The van der Waals surface area contributed by atoms with Crippen molar-refractivity contribution in [1.82, 2.24) is 4.57 Å². The molecule has 5 rings (SSSR count). The summed E-state index contributed by atoms with van der Waals surface area (Å²) in [5.41, 5.74) is 4.39. The maximum absolute atomic E-state index is 14.0. The lowest BCUT2D eigenvalue weighted by Gasteiger charge is -2.25. The van der Waals surface area contributed by atoms with Gasteiger partial charge in [-0.1, -0.05) is 77.5 Å². The van der Waals surface area contributed by atoms with Crippen LogP contribution in [0.4, 0.5) is 0 Å². The molecule has 0 N–H and O–H groups in total. The van der Waals surface area contributed by atoms with Gasteiger partial charge in [-0.05, 0) is 88.3 Å². The average Bonchev–Trinajstić information content (AvgIpc) is 3.30. The van der Waals surface area contributed by atoms with Gasteiger partial charge in [0.15, 0.2) is 16.3 Å². The minimum Gasteiger partial charge on any atom is -0.493 e. The molecule has 1 atom stereocenters. The first-order valence-electron chi connectivity index (χ1n) is 14.2. The number of benzene rings is 3. The van der Waals surface area contributed by atoms with Crippen molar-refractivity contribution in [3.05, 3.63) is 123 Å². The SMILES string of the molecule is CCOC(=O)C1=C(C)N=c2sc(=Cc3cc(Br)c(OCc4ccc(Br)cc4)c(OC)c3)c(=O)n2[C@@H]1c1ccc(C(C)C)cc1. The van der Waals surface area contributed by atoms with Gasteiger partial charge in [-0.25, -0.2) is 9.79 Å². The molecule has 0 fully saturated rings. The van der Waals surface area contributed by atoms with E-state index in [2.05, 4.69) is 50.7 Å². The number of thiazole rings is 1. The molecule has 0 spiro atoms. The molecule has 0 bridgehead atoms. The van der Waals surface area contributed by atoms with Gasteiger partial charge in [0, 0.05) is 4.47 Å². The van der Waals surface area contributed by atoms with Crippen molar-refractivity contribution < 1.29 is 19.0 Å². The molecule has 0 radical (unpaired) electrons. The quantitative estimate of drug-likeness (QED) is 0.172. The van der Waals surface area contributed by atoms with Crippen molar-refractivity contribution >= 4 is 55.2 Å². The van der Waals surface area contributed by atoms with E-state index in [9.17, 15) is 9.59 Å². The topological polar surface area (TPSA) is 79.1 Å². The number of ether oxygens (including phenoxy) is 3. The second-order valence-corrected chi connectivity index (χ2v) is 13.4.